The Kier molecular flexibility index (Phi) is 1.88. The molecule has 3 fully saturated rings. The van der Waals surface area contributed by atoms with E-state index in [-0.39, 0.29) is 0 Å². The third-order valence-electron chi connectivity index (χ3n) is 4.51. The molecule has 1 aliphatic heterocycles. The molecule has 0 aromatic carbocycles. The zero-order chi connectivity index (χ0) is 8.84. The van der Waals surface area contributed by atoms with Crippen molar-refractivity contribution in [1.29, 1.82) is 0 Å². The van der Waals surface area contributed by atoms with Gasteiger partial charge in [0.15, 0.2) is 0 Å². The first kappa shape index (κ1) is 8.25. The first-order chi connectivity index (χ1) is 6.33. The van der Waals surface area contributed by atoms with Gasteiger partial charge in [0.25, 0.3) is 0 Å². The first-order valence-electron chi connectivity index (χ1n) is 5.78. The fraction of sp³-hybridized carbons (Fsp3) is 1.00. The highest BCUT2D eigenvalue weighted by atomic mass is 16.5. The van der Waals surface area contributed by atoms with Gasteiger partial charge in [0.05, 0.1) is 0 Å². The lowest BCUT2D eigenvalue weighted by atomic mass is 9.88. The van der Waals surface area contributed by atoms with Gasteiger partial charge in [0.1, 0.15) is 0 Å². The molecule has 3 rings (SSSR count). The summed E-state index contributed by atoms with van der Waals surface area (Å²) < 4.78 is 0. The van der Waals surface area contributed by atoms with Crippen LogP contribution in [0.2, 0.25) is 0 Å². The molecule has 2 aliphatic carbocycles. The normalized spacial score (nSPS) is 50.5. The molecule has 3 aliphatic rings. The number of hydrogen-bond acceptors (Lipinski definition) is 2. The summed E-state index contributed by atoms with van der Waals surface area (Å²) in [6.07, 6.45) is 8.15. The van der Waals surface area contributed by atoms with Gasteiger partial charge in [-0.05, 0) is 43.4 Å². The zero-order valence-electron chi connectivity index (χ0n) is 8.15. The van der Waals surface area contributed by atoms with Crippen LogP contribution in [0.1, 0.15) is 38.5 Å². The van der Waals surface area contributed by atoms with Crippen LogP contribution in [0.4, 0.5) is 0 Å². The summed E-state index contributed by atoms with van der Waals surface area (Å²) in [5.41, 5.74) is 0. The van der Waals surface area contributed by atoms with Crippen molar-refractivity contribution in [2.75, 3.05) is 6.54 Å². The van der Waals surface area contributed by atoms with Crippen molar-refractivity contribution < 1.29 is 5.21 Å². The maximum atomic E-state index is 9.86. The Balaban J connectivity index is 1.89. The van der Waals surface area contributed by atoms with E-state index < -0.39 is 0 Å². The van der Waals surface area contributed by atoms with Gasteiger partial charge >= 0.3 is 0 Å². The molecule has 1 N–H and O–H groups in total. The molecule has 2 nitrogen and oxygen atoms in total. The number of rotatable bonds is 0. The molecule has 0 radical (unpaired) electrons. The molecule has 74 valence electrons. The van der Waals surface area contributed by atoms with E-state index in [4.69, 9.17) is 0 Å². The van der Waals surface area contributed by atoms with Crippen LogP contribution in [0.5, 0.6) is 0 Å². The summed E-state index contributed by atoms with van der Waals surface area (Å²) in [7, 11) is 0. The second kappa shape index (κ2) is 2.96. The van der Waals surface area contributed by atoms with Crippen molar-refractivity contribution in [2.24, 2.45) is 17.8 Å². The Morgan fingerprint density at radius 3 is 2.77 bits per heavy atom. The average molecular weight is 181 g/mol. The fourth-order valence-corrected chi connectivity index (χ4v) is 3.86. The van der Waals surface area contributed by atoms with Crippen LogP contribution in [0.3, 0.4) is 0 Å². The van der Waals surface area contributed by atoms with E-state index in [1.807, 2.05) is 0 Å². The van der Waals surface area contributed by atoms with Gasteiger partial charge in [-0.25, -0.2) is 0 Å². The molecule has 1 heterocycles. The molecule has 3 bridgehead atoms. The summed E-state index contributed by atoms with van der Waals surface area (Å²) in [6, 6.07) is 0.512. The molecule has 0 spiro atoms. The van der Waals surface area contributed by atoms with Crippen LogP contribution in [-0.2, 0) is 0 Å². The van der Waals surface area contributed by atoms with Crippen molar-refractivity contribution in [1.82, 2.24) is 5.06 Å². The molecule has 0 aromatic heterocycles. The molecular formula is C11H19NO. The van der Waals surface area contributed by atoms with Gasteiger partial charge in [-0.2, -0.15) is 5.06 Å². The molecule has 13 heavy (non-hydrogen) atoms. The average Bonchev–Trinajstić information content (AvgIpc) is 2.34. The predicted octanol–water partition coefficient (Wildman–Crippen LogP) is 2.28. The van der Waals surface area contributed by atoms with E-state index >= 15 is 0 Å². The standard InChI is InChI=1S/C11H19NO/c13-12-7-8-2-1-3-9-5-11(12)6-10(9)4-8/h8-11,13H,1-7H2. The molecule has 4 atom stereocenters. The van der Waals surface area contributed by atoms with Gasteiger partial charge in [-0.1, -0.05) is 12.8 Å². The molecule has 0 aromatic rings. The molecule has 2 saturated carbocycles. The monoisotopic (exact) mass is 181 g/mol. The number of hydrogen-bond donors (Lipinski definition) is 1. The highest BCUT2D eigenvalue weighted by molar-refractivity contribution is 4.93. The maximum Gasteiger partial charge on any atom is 0.0355 e. The van der Waals surface area contributed by atoms with Crippen molar-refractivity contribution in [3.05, 3.63) is 0 Å². The van der Waals surface area contributed by atoms with E-state index in [0.717, 1.165) is 24.3 Å². The smallest absolute Gasteiger partial charge is 0.0355 e. The topological polar surface area (TPSA) is 23.5 Å². The summed E-state index contributed by atoms with van der Waals surface area (Å²) in [5.74, 6) is 2.70. The van der Waals surface area contributed by atoms with Gasteiger partial charge in [0, 0.05) is 12.6 Å². The van der Waals surface area contributed by atoms with Crippen molar-refractivity contribution in [2.45, 2.75) is 44.6 Å². The summed E-state index contributed by atoms with van der Waals surface area (Å²) >= 11 is 0. The van der Waals surface area contributed by atoms with Crippen LogP contribution < -0.4 is 0 Å². The largest absolute Gasteiger partial charge is 0.314 e. The van der Waals surface area contributed by atoms with Gasteiger partial charge in [-0.3, -0.25) is 0 Å². The van der Waals surface area contributed by atoms with Crippen molar-refractivity contribution in [3.63, 3.8) is 0 Å². The Morgan fingerprint density at radius 2 is 1.85 bits per heavy atom. The lowest BCUT2D eigenvalue weighted by molar-refractivity contribution is -0.131. The van der Waals surface area contributed by atoms with Gasteiger partial charge in [-0.15, -0.1) is 0 Å². The van der Waals surface area contributed by atoms with Crippen molar-refractivity contribution in [3.8, 4) is 0 Å². The second-order valence-corrected chi connectivity index (χ2v) is 5.30. The quantitative estimate of drug-likeness (QED) is 0.619. The Hall–Kier alpha value is -0.0800. The molecule has 1 saturated heterocycles. The van der Waals surface area contributed by atoms with Gasteiger partial charge in [0.2, 0.25) is 0 Å². The minimum atomic E-state index is 0.512. The minimum absolute atomic E-state index is 0.512. The second-order valence-electron chi connectivity index (χ2n) is 5.30. The molecule has 0 amide bonds. The summed E-state index contributed by atoms with van der Waals surface area (Å²) in [5, 5.41) is 11.5. The minimum Gasteiger partial charge on any atom is -0.314 e. The van der Waals surface area contributed by atoms with Crippen LogP contribution in [-0.4, -0.2) is 22.9 Å². The highest BCUT2D eigenvalue weighted by Gasteiger charge is 2.42. The predicted molar refractivity (Wildman–Crippen MR) is 50.5 cm³/mol. The SMILES string of the molecule is ON1CC2CCCC3CC1CC3C2. The molecule has 4 unspecified atom stereocenters. The molecular weight excluding hydrogens is 162 g/mol. The van der Waals surface area contributed by atoms with Gasteiger partial charge < -0.3 is 5.21 Å². The Morgan fingerprint density at radius 1 is 1.00 bits per heavy atom. The van der Waals surface area contributed by atoms with E-state index in [1.165, 1.54) is 38.5 Å². The number of nitrogens with zero attached hydrogens (tertiary/aromatic N) is 1. The number of fused-ring (bicyclic) bond motifs is 2. The van der Waals surface area contributed by atoms with Crippen LogP contribution in [0, 0.1) is 17.8 Å². The lowest BCUT2D eigenvalue weighted by Gasteiger charge is -2.25. The molecule has 2 heteroatoms. The van der Waals surface area contributed by atoms with E-state index in [1.54, 1.807) is 5.06 Å². The maximum absolute atomic E-state index is 9.86. The highest BCUT2D eigenvalue weighted by Crippen LogP contribution is 2.46. The zero-order valence-corrected chi connectivity index (χ0v) is 8.15. The summed E-state index contributed by atoms with van der Waals surface area (Å²) in [6.45, 7) is 0.952. The van der Waals surface area contributed by atoms with Crippen molar-refractivity contribution >= 4 is 0 Å². The Bertz CT molecular complexity index is 204. The lowest BCUT2D eigenvalue weighted by Crippen LogP contribution is -2.33. The van der Waals surface area contributed by atoms with Crippen LogP contribution in [0.15, 0.2) is 0 Å². The van der Waals surface area contributed by atoms with E-state index in [2.05, 4.69) is 0 Å². The van der Waals surface area contributed by atoms with Crippen LogP contribution in [0.25, 0.3) is 0 Å². The Labute approximate surface area is 79.9 Å². The third kappa shape index (κ3) is 1.31. The fourth-order valence-electron chi connectivity index (χ4n) is 3.86. The number of hydroxylamine groups is 2. The third-order valence-corrected chi connectivity index (χ3v) is 4.51. The van der Waals surface area contributed by atoms with E-state index in [9.17, 15) is 5.21 Å². The summed E-state index contributed by atoms with van der Waals surface area (Å²) in [4.78, 5) is 0. The van der Waals surface area contributed by atoms with E-state index in [0.29, 0.717) is 6.04 Å². The van der Waals surface area contributed by atoms with Crippen LogP contribution >= 0.6 is 0 Å². The first-order valence-corrected chi connectivity index (χ1v) is 5.78.